The van der Waals surface area contributed by atoms with Crippen LogP contribution < -0.4 is 0 Å². The van der Waals surface area contributed by atoms with Crippen molar-refractivity contribution in [3.05, 3.63) is 0 Å². The van der Waals surface area contributed by atoms with Crippen LogP contribution >= 0.6 is 0 Å². The van der Waals surface area contributed by atoms with E-state index in [0.717, 1.165) is 25.8 Å². The number of carbonyl (C=O) groups is 1. The normalized spacial score (nSPS) is 12.9. The fourth-order valence-corrected chi connectivity index (χ4v) is 1.35. The number of ether oxygens (including phenoxy) is 1. The zero-order valence-corrected chi connectivity index (χ0v) is 9.88. The summed E-state index contributed by atoms with van der Waals surface area (Å²) in [5, 5.41) is 0. The van der Waals surface area contributed by atoms with Gasteiger partial charge in [-0.05, 0) is 27.4 Å². The fourth-order valence-electron chi connectivity index (χ4n) is 1.35. The van der Waals surface area contributed by atoms with Crippen molar-refractivity contribution in [3.8, 4) is 0 Å². The summed E-state index contributed by atoms with van der Waals surface area (Å²) in [5.41, 5.74) is 0. The molecule has 0 aromatic rings. The number of esters is 1. The third kappa shape index (κ3) is 8.05. The van der Waals surface area contributed by atoms with E-state index < -0.39 is 0 Å². The van der Waals surface area contributed by atoms with E-state index in [2.05, 4.69) is 6.92 Å². The number of hydrogen-bond acceptors (Lipinski definition) is 3. The van der Waals surface area contributed by atoms with Crippen LogP contribution in [0.3, 0.4) is 0 Å². The van der Waals surface area contributed by atoms with E-state index in [4.69, 9.17) is 4.74 Å². The molecule has 0 saturated carbocycles. The van der Waals surface area contributed by atoms with Crippen LogP contribution in [0.15, 0.2) is 0 Å². The van der Waals surface area contributed by atoms with Crippen molar-refractivity contribution in [3.63, 3.8) is 0 Å². The summed E-state index contributed by atoms with van der Waals surface area (Å²) >= 11 is 0. The van der Waals surface area contributed by atoms with E-state index in [0.29, 0.717) is 6.42 Å². The summed E-state index contributed by atoms with van der Waals surface area (Å²) in [6.07, 6.45) is 3.76. The largest absolute Gasteiger partial charge is 0.461 e. The molecule has 1 atom stereocenters. The van der Waals surface area contributed by atoms with Gasteiger partial charge in [0.15, 0.2) is 0 Å². The van der Waals surface area contributed by atoms with Crippen molar-refractivity contribution in [2.75, 3.05) is 20.6 Å². The average molecular weight is 201 g/mol. The Morgan fingerprint density at radius 2 is 2.00 bits per heavy atom. The second-order valence-corrected chi connectivity index (χ2v) is 4.02. The van der Waals surface area contributed by atoms with Crippen LogP contribution in [-0.2, 0) is 9.53 Å². The standard InChI is InChI=1S/C11H23NO2/c1-5-6-7-8-11(13)14-10(2)9-12(3)4/h10H,5-9H2,1-4H3. The summed E-state index contributed by atoms with van der Waals surface area (Å²) < 4.78 is 5.23. The third-order valence-electron chi connectivity index (χ3n) is 1.94. The van der Waals surface area contributed by atoms with Gasteiger partial charge in [0.2, 0.25) is 0 Å². The Labute approximate surface area is 87.4 Å². The summed E-state index contributed by atoms with van der Waals surface area (Å²) in [5.74, 6) is -0.0622. The monoisotopic (exact) mass is 201 g/mol. The Morgan fingerprint density at radius 1 is 1.36 bits per heavy atom. The first kappa shape index (κ1) is 13.4. The lowest BCUT2D eigenvalue weighted by molar-refractivity contribution is -0.148. The lowest BCUT2D eigenvalue weighted by Crippen LogP contribution is -2.27. The Bertz CT molecular complexity index is 157. The van der Waals surface area contributed by atoms with E-state index in [1.54, 1.807) is 0 Å². The maximum Gasteiger partial charge on any atom is 0.306 e. The van der Waals surface area contributed by atoms with Crippen LogP contribution in [0.5, 0.6) is 0 Å². The van der Waals surface area contributed by atoms with E-state index in [1.165, 1.54) is 0 Å². The predicted molar refractivity (Wildman–Crippen MR) is 58.3 cm³/mol. The smallest absolute Gasteiger partial charge is 0.306 e. The maximum absolute atomic E-state index is 11.3. The van der Waals surface area contributed by atoms with E-state index in [9.17, 15) is 4.79 Å². The molecular weight excluding hydrogens is 178 g/mol. The summed E-state index contributed by atoms with van der Waals surface area (Å²) in [4.78, 5) is 13.3. The fraction of sp³-hybridized carbons (Fsp3) is 0.909. The van der Waals surface area contributed by atoms with Gasteiger partial charge in [0.25, 0.3) is 0 Å². The van der Waals surface area contributed by atoms with Crippen LogP contribution in [-0.4, -0.2) is 37.6 Å². The van der Waals surface area contributed by atoms with Crippen LogP contribution in [0.4, 0.5) is 0 Å². The molecule has 0 heterocycles. The van der Waals surface area contributed by atoms with Gasteiger partial charge in [-0.1, -0.05) is 19.8 Å². The molecule has 0 N–H and O–H groups in total. The van der Waals surface area contributed by atoms with Crippen molar-refractivity contribution < 1.29 is 9.53 Å². The second-order valence-electron chi connectivity index (χ2n) is 4.02. The van der Waals surface area contributed by atoms with Crippen molar-refractivity contribution in [2.24, 2.45) is 0 Å². The van der Waals surface area contributed by atoms with Gasteiger partial charge in [0.1, 0.15) is 6.10 Å². The molecular formula is C11H23NO2. The zero-order chi connectivity index (χ0) is 11.0. The molecule has 0 aromatic heterocycles. The molecule has 84 valence electrons. The topological polar surface area (TPSA) is 29.5 Å². The molecule has 0 amide bonds. The van der Waals surface area contributed by atoms with E-state index in [-0.39, 0.29) is 12.1 Å². The van der Waals surface area contributed by atoms with Crippen molar-refractivity contribution >= 4 is 5.97 Å². The minimum absolute atomic E-state index is 0.000809. The molecule has 0 saturated heterocycles. The lowest BCUT2D eigenvalue weighted by Gasteiger charge is -2.17. The zero-order valence-electron chi connectivity index (χ0n) is 9.88. The molecule has 3 nitrogen and oxygen atoms in total. The van der Waals surface area contributed by atoms with Gasteiger partial charge in [-0.15, -0.1) is 0 Å². The molecule has 0 spiro atoms. The molecule has 0 bridgehead atoms. The first-order valence-corrected chi connectivity index (χ1v) is 5.40. The number of nitrogens with zero attached hydrogens (tertiary/aromatic N) is 1. The van der Waals surface area contributed by atoms with Gasteiger partial charge in [-0.2, -0.15) is 0 Å². The molecule has 0 radical (unpaired) electrons. The molecule has 0 aliphatic heterocycles. The second kappa shape index (κ2) is 7.80. The van der Waals surface area contributed by atoms with Crippen LogP contribution in [0.1, 0.15) is 39.5 Å². The van der Waals surface area contributed by atoms with Gasteiger partial charge in [-0.3, -0.25) is 4.79 Å². The lowest BCUT2D eigenvalue weighted by atomic mass is 10.2. The molecule has 1 unspecified atom stereocenters. The quantitative estimate of drug-likeness (QED) is 0.466. The van der Waals surface area contributed by atoms with E-state index in [1.807, 2.05) is 25.9 Å². The molecule has 0 aliphatic rings. The minimum atomic E-state index is -0.0622. The van der Waals surface area contributed by atoms with Gasteiger partial charge in [-0.25, -0.2) is 0 Å². The highest BCUT2D eigenvalue weighted by molar-refractivity contribution is 5.69. The molecule has 0 aliphatic carbocycles. The average Bonchev–Trinajstić information content (AvgIpc) is 2.02. The molecule has 14 heavy (non-hydrogen) atoms. The molecule has 0 aromatic carbocycles. The number of likely N-dealkylation sites (N-methyl/N-ethyl adjacent to an activating group) is 1. The number of unbranched alkanes of at least 4 members (excludes halogenated alkanes) is 2. The number of carbonyl (C=O) groups excluding carboxylic acids is 1. The van der Waals surface area contributed by atoms with Crippen LogP contribution in [0, 0.1) is 0 Å². The molecule has 0 fully saturated rings. The summed E-state index contributed by atoms with van der Waals surface area (Å²) in [6.45, 7) is 4.84. The highest BCUT2D eigenvalue weighted by atomic mass is 16.5. The van der Waals surface area contributed by atoms with Gasteiger partial charge < -0.3 is 9.64 Å². The SMILES string of the molecule is CCCCCC(=O)OC(C)CN(C)C. The maximum atomic E-state index is 11.3. The van der Waals surface area contributed by atoms with Crippen LogP contribution in [0.2, 0.25) is 0 Å². The summed E-state index contributed by atoms with van der Waals surface area (Å²) in [6, 6.07) is 0. The first-order valence-electron chi connectivity index (χ1n) is 5.40. The number of rotatable bonds is 7. The van der Waals surface area contributed by atoms with E-state index >= 15 is 0 Å². The Kier molecular flexibility index (Phi) is 7.48. The Morgan fingerprint density at radius 3 is 2.50 bits per heavy atom. The predicted octanol–water partition coefficient (Wildman–Crippen LogP) is 2.06. The first-order chi connectivity index (χ1) is 6.56. The van der Waals surface area contributed by atoms with Crippen molar-refractivity contribution in [1.82, 2.24) is 4.90 Å². The van der Waals surface area contributed by atoms with Crippen LogP contribution in [0.25, 0.3) is 0 Å². The Balaban J connectivity index is 3.50. The van der Waals surface area contributed by atoms with Gasteiger partial charge in [0.05, 0.1) is 0 Å². The Hall–Kier alpha value is -0.570. The highest BCUT2D eigenvalue weighted by Gasteiger charge is 2.09. The summed E-state index contributed by atoms with van der Waals surface area (Å²) in [7, 11) is 3.95. The van der Waals surface area contributed by atoms with Crippen molar-refractivity contribution in [2.45, 2.75) is 45.6 Å². The molecule has 0 rings (SSSR count). The van der Waals surface area contributed by atoms with Gasteiger partial charge >= 0.3 is 5.97 Å². The molecule has 3 heteroatoms. The third-order valence-corrected chi connectivity index (χ3v) is 1.94. The minimum Gasteiger partial charge on any atom is -0.461 e. The number of hydrogen-bond donors (Lipinski definition) is 0. The van der Waals surface area contributed by atoms with Crippen molar-refractivity contribution in [1.29, 1.82) is 0 Å². The highest BCUT2D eigenvalue weighted by Crippen LogP contribution is 2.02. The van der Waals surface area contributed by atoms with Gasteiger partial charge in [0, 0.05) is 13.0 Å².